The van der Waals surface area contributed by atoms with Crippen LogP contribution in [0.2, 0.25) is 0 Å². The number of H-pyrrole nitrogens is 1. The molecule has 1 aliphatic rings. The number of hydrogen-bond acceptors (Lipinski definition) is 6. The van der Waals surface area contributed by atoms with Gasteiger partial charge in [-0.2, -0.15) is 0 Å². The van der Waals surface area contributed by atoms with E-state index in [0.717, 1.165) is 62.1 Å². The van der Waals surface area contributed by atoms with E-state index in [2.05, 4.69) is 61.9 Å². The minimum absolute atomic E-state index is 0.0554. The highest BCUT2D eigenvalue weighted by atomic mass is 16.5. The summed E-state index contributed by atoms with van der Waals surface area (Å²) in [5.74, 6) is 0. The Morgan fingerprint density at radius 2 is 1.92 bits per heavy atom. The van der Waals surface area contributed by atoms with Crippen LogP contribution >= 0.6 is 0 Å². The molecule has 2 aromatic heterocycles. The summed E-state index contributed by atoms with van der Waals surface area (Å²) in [5.41, 5.74) is 9.88. The first-order valence-corrected chi connectivity index (χ1v) is 12.6. The van der Waals surface area contributed by atoms with E-state index in [9.17, 15) is 4.79 Å². The van der Waals surface area contributed by atoms with Gasteiger partial charge in [0, 0.05) is 28.8 Å². The van der Waals surface area contributed by atoms with E-state index in [4.69, 9.17) is 10.5 Å². The minimum atomic E-state index is -0.738. The first-order chi connectivity index (χ1) is 17.7. The van der Waals surface area contributed by atoms with Gasteiger partial charge in [-0.3, -0.25) is 4.57 Å². The number of carbonyl (C=O) groups excluding carboxylic acids is 1. The lowest BCUT2D eigenvalue weighted by molar-refractivity contribution is 0.132. The molecule has 1 atom stereocenters. The molecule has 1 amide bonds. The zero-order valence-electron chi connectivity index (χ0n) is 20.3. The van der Waals surface area contributed by atoms with Crippen LogP contribution in [-0.4, -0.2) is 63.0 Å². The van der Waals surface area contributed by atoms with Gasteiger partial charge in [0.15, 0.2) is 0 Å². The van der Waals surface area contributed by atoms with E-state index in [1.54, 1.807) is 12.7 Å². The fourth-order valence-corrected chi connectivity index (χ4v) is 5.06. The quantitative estimate of drug-likeness (QED) is 0.315. The molecule has 0 bridgehead atoms. The monoisotopic (exact) mass is 487 g/mol. The summed E-state index contributed by atoms with van der Waals surface area (Å²) >= 11 is 0. The maximum Gasteiger partial charge on any atom is 0.404 e. The summed E-state index contributed by atoms with van der Waals surface area (Å²) in [6, 6.07) is 16.8. The molecule has 1 aliphatic heterocycles. The number of aromatic nitrogens is 4. The molecule has 9 heteroatoms. The second-order valence-corrected chi connectivity index (χ2v) is 9.39. The van der Waals surface area contributed by atoms with E-state index in [1.807, 2.05) is 22.8 Å². The van der Waals surface area contributed by atoms with Crippen molar-refractivity contribution < 1.29 is 9.53 Å². The Labute approximate surface area is 210 Å². The Hall–Kier alpha value is -3.69. The lowest BCUT2D eigenvalue weighted by Gasteiger charge is -2.34. The average molecular weight is 488 g/mol. The van der Waals surface area contributed by atoms with Crippen LogP contribution in [0.15, 0.2) is 67.4 Å². The normalized spacial score (nSPS) is 15.8. The Kier molecular flexibility index (Phi) is 7.58. The number of nitrogens with one attached hydrogen (secondary N) is 2. The number of aromatic amines is 1. The average Bonchev–Trinajstić information content (AvgIpc) is 3.58. The van der Waals surface area contributed by atoms with Crippen LogP contribution in [0.4, 0.5) is 4.79 Å². The summed E-state index contributed by atoms with van der Waals surface area (Å²) in [6.07, 6.45) is 9.11. The smallest absolute Gasteiger partial charge is 0.404 e. The lowest BCUT2D eigenvalue weighted by Crippen LogP contribution is -2.45. The van der Waals surface area contributed by atoms with Crippen LogP contribution < -0.4 is 11.1 Å². The highest BCUT2D eigenvalue weighted by molar-refractivity contribution is 5.85. The molecule has 1 saturated heterocycles. The largest absolute Gasteiger partial charge is 0.448 e. The van der Waals surface area contributed by atoms with Gasteiger partial charge in [0.25, 0.3) is 0 Å². The summed E-state index contributed by atoms with van der Waals surface area (Å²) < 4.78 is 7.05. The van der Waals surface area contributed by atoms with Gasteiger partial charge in [-0.1, -0.05) is 30.3 Å². The molecule has 4 N–H and O–H groups in total. The molecule has 0 saturated carbocycles. The Morgan fingerprint density at radius 3 is 2.67 bits per heavy atom. The number of aryl methyl sites for hydroxylation is 1. The van der Waals surface area contributed by atoms with Gasteiger partial charge in [-0.25, -0.2) is 4.79 Å². The van der Waals surface area contributed by atoms with Gasteiger partial charge in [0.05, 0.1) is 6.04 Å². The number of fused-ring (bicyclic) bond motifs is 1. The third kappa shape index (κ3) is 5.92. The second-order valence-electron chi connectivity index (χ2n) is 9.39. The van der Waals surface area contributed by atoms with E-state index >= 15 is 0 Å². The van der Waals surface area contributed by atoms with E-state index in [1.165, 1.54) is 10.9 Å². The van der Waals surface area contributed by atoms with Crippen molar-refractivity contribution in [2.24, 2.45) is 5.73 Å². The molecule has 4 aromatic rings. The molecule has 1 fully saturated rings. The van der Waals surface area contributed by atoms with Crippen LogP contribution in [0.1, 0.15) is 36.4 Å². The number of amides is 1. The number of primary amides is 1. The van der Waals surface area contributed by atoms with Crippen molar-refractivity contribution >= 4 is 17.0 Å². The lowest BCUT2D eigenvalue weighted by atomic mass is 10.0. The Bertz CT molecular complexity index is 1250. The summed E-state index contributed by atoms with van der Waals surface area (Å²) in [4.78, 5) is 17.1. The zero-order valence-corrected chi connectivity index (χ0v) is 20.3. The van der Waals surface area contributed by atoms with Crippen molar-refractivity contribution in [3.05, 3.63) is 78.5 Å². The first kappa shape index (κ1) is 24.0. The molecule has 188 valence electrons. The number of carbonyl (C=O) groups is 1. The van der Waals surface area contributed by atoms with Crippen molar-refractivity contribution in [3.8, 4) is 5.69 Å². The van der Waals surface area contributed by atoms with Crippen LogP contribution in [-0.2, 0) is 11.2 Å². The highest BCUT2D eigenvalue weighted by Crippen LogP contribution is 2.24. The minimum Gasteiger partial charge on any atom is -0.448 e. The predicted molar refractivity (Wildman–Crippen MR) is 139 cm³/mol. The Morgan fingerprint density at radius 1 is 1.14 bits per heavy atom. The molecular weight excluding hydrogens is 454 g/mol. The van der Waals surface area contributed by atoms with Gasteiger partial charge in [-0.05, 0) is 74.6 Å². The molecule has 2 aromatic carbocycles. The number of rotatable bonds is 10. The van der Waals surface area contributed by atoms with Crippen molar-refractivity contribution in [2.45, 2.75) is 37.8 Å². The van der Waals surface area contributed by atoms with Crippen LogP contribution in [0.3, 0.4) is 0 Å². The predicted octanol–water partition coefficient (Wildman–Crippen LogP) is 3.57. The summed E-state index contributed by atoms with van der Waals surface area (Å²) in [6.45, 7) is 3.43. The first-order valence-electron chi connectivity index (χ1n) is 12.6. The van der Waals surface area contributed by atoms with Crippen LogP contribution in [0.5, 0.6) is 0 Å². The number of nitrogens with zero attached hydrogens (tertiary/aromatic N) is 4. The molecule has 0 spiro atoms. The van der Waals surface area contributed by atoms with Crippen molar-refractivity contribution in [2.75, 3.05) is 26.2 Å². The topological polar surface area (TPSA) is 114 Å². The molecule has 0 radical (unpaired) electrons. The number of nitrogens with two attached hydrogens (primary N) is 1. The molecule has 5 rings (SSSR count). The van der Waals surface area contributed by atoms with Gasteiger partial charge in [0.1, 0.15) is 19.3 Å². The maximum atomic E-state index is 11.2. The fraction of sp³-hybridized carbons (Fsp3) is 0.370. The Balaban J connectivity index is 1.11. The van der Waals surface area contributed by atoms with Gasteiger partial charge in [0.2, 0.25) is 0 Å². The molecular formula is C27H33N7O2. The van der Waals surface area contributed by atoms with Gasteiger partial charge >= 0.3 is 6.09 Å². The van der Waals surface area contributed by atoms with E-state index < -0.39 is 6.09 Å². The van der Waals surface area contributed by atoms with Crippen molar-refractivity contribution in [1.82, 2.24) is 30.0 Å². The summed E-state index contributed by atoms with van der Waals surface area (Å²) in [5, 5.41) is 12.8. The van der Waals surface area contributed by atoms with Gasteiger partial charge < -0.3 is 25.7 Å². The van der Waals surface area contributed by atoms with Crippen LogP contribution in [0, 0.1) is 0 Å². The fourth-order valence-electron chi connectivity index (χ4n) is 5.06. The van der Waals surface area contributed by atoms with Crippen LogP contribution in [0.25, 0.3) is 16.6 Å². The van der Waals surface area contributed by atoms with Crippen molar-refractivity contribution in [3.63, 3.8) is 0 Å². The van der Waals surface area contributed by atoms with Gasteiger partial charge in [-0.15, -0.1) is 10.2 Å². The molecule has 36 heavy (non-hydrogen) atoms. The number of benzene rings is 2. The third-order valence-corrected chi connectivity index (χ3v) is 7.01. The molecule has 0 aliphatic carbocycles. The standard InChI is InChI=1S/C27H33N7O2/c28-27(35)36-17-26(20-5-2-1-3-6-20)32-22-10-13-33(14-11-22)12-4-7-21-16-29-25-9-8-23(15-24(21)25)34-18-30-31-19-34/h1-3,5-6,8-9,15-16,18-19,22,26,29,32H,4,7,10-14,17H2,(H2,28,35)/t26-/m0/s1. The molecule has 0 unspecified atom stereocenters. The highest BCUT2D eigenvalue weighted by Gasteiger charge is 2.23. The maximum absolute atomic E-state index is 11.2. The van der Waals surface area contributed by atoms with E-state index in [0.29, 0.717) is 6.04 Å². The number of ether oxygens (including phenoxy) is 1. The number of likely N-dealkylation sites (tertiary alicyclic amines) is 1. The molecule has 9 nitrogen and oxygen atoms in total. The summed E-state index contributed by atoms with van der Waals surface area (Å²) in [7, 11) is 0. The second kappa shape index (κ2) is 11.4. The zero-order chi connectivity index (χ0) is 24.7. The number of piperidine rings is 1. The van der Waals surface area contributed by atoms with E-state index in [-0.39, 0.29) is 12.6 Å². The number of hydrogen-bond donors (Lipinski definition) is 3. The SMILES string of the molecule is NC(=O)OC[C@H](NC1CCN(CCCc2c[nH]c3ccc(-n4cnnc4)cc23)CC1)c1ccccc1. The third-order valence-electron chi connectivity index (χ3n) is 7.01. The molecule has 3 heterocycles. The van der Waals surface area contributed by atoms with Crippen molar-refractivity contribution in [1.29, 1.82) is 0 Å².